The Morgan fingerprint density at radius 2 is 0.824 bits per heavy atom. The third kappa shape index (κ3) is 5.31. The van der Waals surface area contributed by atoms with Crippen LogP contribution in [0.2, 0.25) is 0 Å². The van der Waals surface area contributed by atoms with Crippen LogP contribution in [0.1, 0.15) is 11.1 Å². The van der Waals surface area contributed by atoms with E-state index in [0.29, 0.717) is 0 Å². The molecule has 1 aromatic rings. The van der Waals surface area contributed by atoms with Gasteiger partial charge in [0.2, 0.25) is 0 Å². The van der Waals surface area contributed by atoms with E-state index >= 15 is 0 Å². The molecule has 0 unspecified atom stereocenters. The van der Waals surface area contributed by atoms with E-state index in [9.17, 15) is 61.5 Å². The predicted octanol–water partition coefficient (Wildman–Crippen LogP) is 5.85. The highest BCUT2D eigenvalue weighted by Gasteiger charge is 2.74. The maximum Gasteiger partial charge on any atom is 0.460 e. The minimum Gasteiger partial charge on any atom is -0.483 e. The Labute approximate surface area is 178 Å². The van der Waals surface area contributed by atoms with Crippen LogP contribution in [0, 0.1) is 22.7 Å². The van der Waals surface area contributed by atoms with Crippen molar-refractivity contribution in [3.8, 4) is 23.6 Å². The molecule has 0 radical (unpaired) electrons. The Balaban J connectivity index is 3.37. The maximum atomic E-state index is 13.4. The molecule has 1 aromatic carbocycles. The normalized spacial score (nSPS) is 13.8. The van der Waals surface area contributed by atoms with Gasteiger partial charge in [-0.15, -0.1) is 0 Å². The van der Waals surface area contributed by atoms with Crippen molar-refractivity contribution in [3.63, 3.8) is 0 Å². The molecule has 0 bridgehead atoms. The van der Waals surface area contributed by atoms with Gasteiger partial charge in [-0.05, 0) is 0 Å². The maximum absolute atomic E-state index is 13.4. The molecule has 0 aliphatic carbocycles. The molecule has 0 heterocycles. The molecule has 0 fully saturated rings. The summed E-state index contributed by atoms with van der Waals surface area (Å²) in [4.78, 5) is 0. The molecular weight excluding hydrogens is 518 g/mol. The Bertz CT molecular complexity index is 907. The fourth-order valence-corrected chi connectivity index (χ4v) is 1.90. The van der Waals surface area contributed by atoms with E-state index in [0.717, 1.165) is 0 Å². The SMILES string of the molecule is N#Cc1cc(OCC(F)(F)C(F)(F)C(F)(F)F)c(OCC(F)(F)C(F)(F)C(F)(F)F)cc1C#N. The van der Waals surface area contributed by atoms with Gasteiger partial charge in [0.1, 0.15) is 12.1 Å². The van der Waals surface area contributed by atoms with Gasteiger partial charge >= 0.3 is 36.0 Å². The van der Waals surface area contributed by atoms with E-state index in [1.165, 1.54) is 12.1 Å². The molecule has 4 nitrogen and oxygen atoms in total. The second-order valence-corrected chi connectivity index (χ2v) is 6.20. The molecule has 18 heteroatoms. The van der Waals surface area contributed by atoms with Gasteiger partial charge in [-0.3, -0.25) is 0 Å². The van der Waals surface area contributed by atoms with Crippen molar-refractivity contribution < 1.29 is 70.9 Å². The zero-order chi connectivity index (χ0) is 27.0. The van der Waals surface area contributed by atoms with Crippen molar-refractivity contribution in [3.05, 3.63) is 23.3 Å². The smallest absolute Gasteiger partial charge is 0.460 e. The minimum atomic E-state index is -6.80. The summed E-state index contributed by atoms with van der Waals surface area (Å²) in [5, 5.41) is 17.7. The van der Waals surface area contributed by atoms with Gasteiger partial charge in [-0.25, -0.2) is 0 Å². The predicted molar refractivity (Wildman–Crippen MR) is 78.8 cm³/mol. The monoisotopic (exact) mass is 524 g/mol. The zero-order valence-corrected chi connectivity index (χ0v) is 15.6. The number of hydrogen-bond acceptors (Lipinski definition) is 4. The standard InChI is InChI=1S/C16H6F14N2O2/c17-11(18,13(21,22)15(25,26)27)5-33-9-1-7(3-31)8(4-32)2-10(9)34-6-12(19,20)14(23,24)16(28,29)30/h1-2H,5-6H2. The van der Waals surface area contributed by atoms with Gasteiger partial charge in [0.15, 0.2) is 24.7 Å². The number of benzene rings is 1. The molecule has 0 aliphatic heterocycles. The molecule has 190 valence electrons. The van der Waals surface area contributed by atoms with Crippen LogP contribution in [-0.2, 0) is 0 Å². The highest BCUT2D eigenvalue weighted by Crippen LogP contribution is 2.48. The first kappa shape index (κ1) is 28.9. The first-order valence-corrected chi connectivity index (χ1v) is 7.94. The van der Waals surface area contributed by atoms with E-state index in [1.54, 1.807) is 0 Å². The topological polar surface area (TPSA) is 66.0 Å². The number of nitriles is 2. The van der Waals surface area contributed by atoms with Crippen LogP contribution in [0.15, 0.2) is 12.1 Å². The van der Waals surface area contributed by atoms with Gasteiger partial charge in [-0.1, -0.05) is 0 Å². The quantitative estimate of drug-likeness (QED) is 0.400. The van der Waals surface area contributed by atoms with Crippen LogP contribution in [-0.4, -0.2) is 49.3 Å². The van der Waals surface area contributed by atoms with Crippen molar-refractivity contribution in [1.82, 2.24) is 0 Å². The van der Waals surface area contributed by atoms with Gasteiger partial charge < -0.3 is 9.47 Å². The van der Waals surface area contributed by atoms with Gasteiger partial charge in [0.25, 0.3) is 0 Å². The Hall–Kier alpha value is -3.18. The fraction of sp³-hybridized carbons (Fsp3) is 0.500. The van der Waals surface area contributed by atoms with Crippen LogP contribution < -0.4 is 9.47 Å². The van der Waals surface area contributed by atoms with E-state index in [-0.39, 0.29) is 12.1 Å². The van der Waals surface area contributed by atoms with Gasteiger partial charge in [-0.2, -0.15) is 72.0 Å². The van der Waals surface area contributed by atoms with Crippen LogP contribution in [0.25, 0.3) is 0 Å². The van der Waals surface area contributed by atoms with Crippen molar-refractivity contribution in [1.29, 1.82) is 10.5 Å². The first-order valence-electron chi connectivity index (χ1n) is 7.94. The molecule has 0 saturated carbocycles. The number of ether oxygens (including phenoxy) is 2. The summed E-state index contributed by atoms with van der Waals surface area (Å²) >= 11 is 0. The first-order chi connectivity index (χ1) is 15.1. The molecule has 0 aliphatic rings. The summed E-state index contributed by atoms with van der Waals surface area (Å²) in [6, 6.07) is 2.65. The van der Waals surface area contributed by atoms with E-state index in [4.69, 9.17) is 10.5 Å². The zero-order valence-electron chi connectivity index (χ0n) is 15.6. The summed E-state index contributed by atoms with van der Waals surface area (Å²) in [6.07, 6.45) is -13.6. The van der Waals surface area contributed by atoms with Crippen molar-refractivity contribution in [2.45, 2.75) is 36.0 Å². The van der Waals surface area contributed by atoms with Crippen LogP contribution >= 0.6 is 0 Å². The fourth-order valence-electron chi connectivity index (χ4n) is 1.90. The lowest BCUT2D eigenvalue weighted by atomic mass is 10.1. The lowest BCUT2D eigenvalue weighted by molar-refractivity contribution is -0.359. The molecule has 34 heavy (non-hydrogen) atoms. The van der Waals surface area contributed by atoms with Crippen LogP contribution in [0.5, 0.6) is 11.5 Å². The van der Waals surface area contributed by atoms with E-state index < -0.39 is 71.9 Å². The van der Waals surface area contributed by atoms with Gasteiger partial charge in [0.05, 0.1) is 11.1 Å². The number of halogens is 14. The second kappa shape index (κ2) is 8.88. The molecular formula is C16H6F14N2O2. The van der Waals surface area contributed by atoms with Crippen LogP contribution in [0.4, 0.5) is 61.5 Å². The highest BCUT2D eigenvalue weighted by molar-refractivity contribution is 5.56. The average molecular weight is 524 g/mol. The lowest BCUT2D eigenvalue weighted by Crippen LogP contribution is -2.55. The molecule has 0 aromatic heterocycles. The van der Waals surface area contributed by atoms with Crippen molar-refractivity contribution in [2.75, 3.05) is 13.2 Å². The van der Waals surface area contributed by atoms with Crippen LogP contribution in [0.3, 0.4) is 0 Å². The molecule has 0 atom stereocenters. The average Bonchev–Trinajstić information content (AvgIpc) is 2.68. The lowest BCUT2D eigenvalue weighted by Gasteiger charge is -2.29. The van der Waals surface area contributed by atoms with Crippen molar-refractivity contribution in [2.24, 2.45) is 0 Å². The summed E-state index contributed by atoms with van der Waals surface area (Å²) in [5.41, 5.74) is -1.74. The Morgan fingerprint density at radius 3 is 1.03 bits per heavy atom. The molecule has 0 N–H and O–H groups in total. The summed E-state index contributed by atoms with van der Waals surface area (Å²) < 4.78 is 186. The number of rotatable bonds is 8. The molecule has 0 saturated heterocycles. The van der Waals surface area contributed by atoms with Crippen molar-refractivity contribution >= 4 is 0 Å². The second-order valence-electron chi connectivity index (χ2n) is 6.20. The minimum absolute atomic E-state index is 0.135. The summed E-state index contributed by atoms with van der Waals surface area (Å²) in [5.74, 6) is -28.5. The number of hydrogen-bond donors (Lipinski definition) is 0. The molecule has 0 spiro atoms. The summed E-state index contributed by atoms with van der Waals surface area (Å²) in [7, 11) is 0. The van der Waals surface area contributed by atoms with E-state index in [2.05, 4.69) is 9.47 Å². The number of alkyl halides is 14. The third-order valence-electron chi connectivity index (χ3n) is 3.77. The number of nitrogens with zero attached hydrogens (tertiary/aromatic N) is 2. The Morgan fingerprint density at radius 1 is 0.559 bits per heavy atom. The molecule has 1 rings (SSSR count). The van der Waals surface area contributed by atoms with Gasteiger partial charge in [0, 0.05) is 12.1 Å². The van der Waals surface area contributed by atoms with E-state index in [1.807, 2.05) is 0 Å². The third-order valence-corrected chi connectivity index (χ3v) is 3.77. The molecule has 0 amide bonds. The largest absolute Gasteiger partial charge is 0.483 e. The summed E-state index contributed by atoms with van der Waals surface area (Å²) in [6.45, 7) is -5.72. The Kier molecular flexibility index (Phi) is 7.53. The highest BCUT2D eigenvalue weighted by atomic mass is 19.4.